The number of rotatable bonds is 5. The van der Waals surface area contributed by atoms with Gasteiger partial charge in [0.1, 0.15) is 0 Å². The summed E-state index contributed by atoms with van der Waals surface area (Å²) in [6, 6.07) is 17.1. The Kier molecular flexibility index (Phi) is 5.33. The summed E-state index contributed by atoms with van der Waals surface area (Å²) in [5.74, 6) is 0.318. The van der Waals surface area contributed by atoms with Gasteiger partial charge in [0.05, 0.1) is 25.2 Å². The molecule has 0 bridgehead atoms. The predicted octanol–water partition coefficient (Wildman–Crippen LogP) is 3.20. The first-order valence-corrected chi connectivity index (χ1v) is 10.0. The first-order valence-electron chi connectivity index (χ1n) is 10.0. The Morgan fingerprint density at radius 1 is 1.11 bits per heavy atom. The number of carbonyl (C=O) groups excluding carboxylic acids is 1. The van der Waals surface area contributed by atoms with Crippen LogP contribution in [0.2, 0.25) is 0 Å². The molecule has 28 heavy (non-hydrogen) atoms. The molecule has 2 aromatic carbocycles. The van der Waals surface area contributed by atoms with Crippen molar-refractivity contribution in [3.05, 3.63) is 76.9 Å². The fourth-order valence-electron chi connectivity index (χ4n) is 4.66. The van der Waals surface area contributed by atoms with Gasteiger partial charge in [0.25, 0.3) is 0 Å². The average molecular weight is 377 g/mol. The molecule has 2 heterocycles. The topological polar surface area (TPSA) is 43.8 Å². The van der Waals surface area contributed by atoms with Crippen molar-refractivity contribution in [1.29, 1.82) is 0 Å². The van der Waals surface area contributed by atoms with E-state index in [2.05, 4.69) is 66.4 Å². The highest BCUT2D eigenvalue weighted by Crippen LogP contribution is 2.43. The zero-order valence-electron chi connectivity index (χ0n) is 16.6. The molecule has 4 rings (SSSR count). The van der Waals surface area contributed by atoms with Gasteiger partial charge in [-0.3, -0.25) is 9.69 Å². The van der Waals surface area contributed by atoms with E-state index < -0.39 is 0 Å². The van der Waals surface area contributed by atoms with Crippen LogP contribution < -0.4 is 0 Å². The van der Waals surface area contributed by atoms with Gasteiger partial charge in [-0.1, -0.05) is 66.2 Å². The van der Waals surface area contributed by atoms with Crippen LogP contribution in [0.25, 0.3) is 6.08 Å². The SMILES string of the molecule is C/C=C/c1ccc([C@H]2[C@H]3CN(Cc4ccc(C)cc4)CC(=O)N3[C@H]2CO)cc1. The van der Waals surface area contributed by atoms with E-state index in [-0.39, 0.29) is 30.5 Å². The lowest BCUT2D eigenvalue weighted by Crippen LogP contribution is -2.72. The molecule has 0 aliphatic carbocycles. The zero-order valence-corrected chi connectivity index (χ0v) is 16.6. The first kappa shape index (κ1) is 18.9. The number of hydrogen-bond donors (Lipinski definition) is 1. The third kappa shape index (κ3) is 3.50. The van der Waals surface area contributed by atoms with Crippen LogP contribution in [0.15, 0.2) is 54.6 Å². The van der Waals surface area contributed by atoms with Gasteiger partial charge in [-0.25, -0.2) is 0 Å². The van der Waals surface area contributed by atoms with Crippen LogP contribution in [0, 0.1) is 6.92 Å². The Morgan fingerprint density at radius 2 is 1.82 bits per heavy atom. The summed E-state index contributed by atoms with van der Waals surface area (Å²) < 4.78 is 0. The molecule has 0 radical (unpaired) electrons. The molecule has 0 aromatic heterocycles. The van der Waals surface area contributed by atoms with Crippen LogP contribution in [-0.2, 0) is 11.3 Å². The summed E-state index contributed by atoms with van der Waals surface area (Å²) in [6.45, 7) is 6.16. The van der Waals surface area contributed by atoms with E-state index in [1.807, 2.05) is 17.9 Å². The van der Waals surface area contributed by atoms with Crippen LogP contribution in [0.5, 0.6) is 0 Å². The third-order valence-electron chi connectivity index (χ3n) is 6.03. The largest absolute Gasteiger partial charge is 0.394 e. The minimum Gasteiger partial charge on any atom is -0.394 e. The van der Waals surface area contributed by atoms with Gasteiger partial charge in [-0.05, 0) is 30.5 Å². The molecule has 0 spiro atoms. The molecular weight excluding hydrogens is 348 g/mol. The maximum absolute atomic E-state index is 12.8. The quantitative estimate of drug-likeness (QED) is 0.872. The highest BCUT2D eigenvalue weighted by atomic mass is 16.3. The molecular formula is C24H28N2O2. The van der Waals surface area contributed by atoms with E-state index >= 15 is 0 Å². The van der Waals surface area contributed by atoms with E-state index in [0.29, 0.717) is 6.54 Å². The highest BCUT2D eigenvalue weighted by Gasteiger charge is 2.53. The van der Waals surface area contributed by atoms with Gasteiger partial charge in [-0.2, -0.15) is 0 Å². The first-order chi connectivity index (χ1) is 13.6. The van der Waals surface area contributed by atoms with Crippen molar-refractivity contribution in [3.8, 4) is 0 Å². The van der Waals surface area contributed by atoms with Crippen LogP contribution in [0.3, 0.4) is 0 Å². The van der Waals surface area contributed by atoms with Crippen molar-refractivity contribution in [2.75, 3.05) is 19.7 Å². The summed E-state index contributed by atoms with van der Waals surface area (Å²) in [7, 11) is 0. The van der Waals surface area contributed by atoms with Crippen molar-refractivity contribution in [3.63, 3.8) is 0 Å². The summed E-state index contributed by atoms with van der Waals surface area (Å²) in [5.41, 5.74) is 4.86. The molecule has 4 nitrogen and oxygen atoms in total. The Morgan fingerprint density at radius 3 is 2.46 bits per heavy atom. The van der Waals surface area contributed by atoms with Crippen LogP contribution >= 0.6 is 0 Å². The second kappa shape index (κ2) is 7.90. The lowest BCUT2D eigenvalue weighted by Gasteiger charge is -2.59. The number of allylic oxidation sites excluding steroid dienone is 1. The number of benzene rings is 2. The van der Waals surface area contributed by atoms with Gasteiger partial charge >= 0.3 is 0 Å². The van der Waals surface area contributed by atoms with Crippen molar-refractivity contribution in [1.82, 2.24) is 9.80 Å². The zero-order chi connectivity index (χ0) is 19.7. The fraction of sp³-hybridized carbons (Fsp3) is 0.375. The number of piperazine rings is 1. The van der Waals surface area contributed by atoms with E-state index in [4.69, 9.17) is 0 Å². The molecule has 2 aliphatic rings. The molecule has 2 aromatic rings. The number of nitrogens with zero attached hydrogens (tertiary/aromatic N) is 2. The molecule has 0 saturated carbocycles. The van der Waals surface area contributed by atoms with E-state index in [1.165, 1.54) is 22.3 Å². The van der Waals surface area contributed by atoms with Gasteiger partial charge in [0.2, 0.25) is 5.91 Å². The molecule has 3 atom stereocenters. The number of amides is 1. The molecule has 1 N–H and O–H groups in total. The lowest BCUT2D eigenvalue weighted by atomic mass is 9.73. The fourth-order valence-corrected chi connectivity index (χ4v) is 4.66. The van der Waals surface area contributed by atoms with Crippen LogP contribution in [0.1, 0.15) is 35.1 Å². The number of carbonyl (C=O) groups is 1. The molecule has 0 unspecified atom stereocenters. The maximum atomic E-state index is 12.8. The smallest absolute Gasteiger partial charge is 0.237 e. The number of aliphatic hydroxyl groups is 1. The molecule has 2 fully saturated rings. The minimum atomic E-state index is -0.105. The Labute approximate surface area is 167 Å². The second-order valence-electron chi connectivity index (χ2n) is 7.97. The van der Waals surface area contributed by atoms with Crippen LogP contribution in [0.4, 0.5) is 0 Å². The van der Waals surface area contributed by atoms with Gasteiger partial charge in [-0.15, -0.1) is 0 Å². The predicted molar refractivity (Wildman–Crippen MR) is 112 cm³/mol. The maximum Gasteiger partial charge on any atom is 0.237 e. The van der Waals surface area contributed by atoms with Gasteiger partial charge in [0.15, 0.2) is 0 Å². The van der Waals surface area contributed by atoms with Crippen molar-refractivity contribution >= 4 is 12.0 Å². The van der Waals surface area contributed by atoms with Crippen LogP contribution in [-0.4, -0.2) is 52.6 Å². The highest BCUT2D eigenvalue weighted by molar-refractivity contribution is 5.81. The number of aliphatic hydroxyl groups excluding tert-OH is 1. The minimum absolute atomic E-state index is 0.0154. The summed E-state index contributed by atoms with van der Waals surface area (Å²) >= 11 is 0. The average Bonchev–Trinajstić information content (AvgIpc) is 2.67. The number of aryl methyl sites for hydroxylation is 1. The summed E-state index contributed by atoms with van der Waals surface area (Å²) in [4.78, 5) is 16.9. The van der Waals surface area contributed by atoms with Crippen molar-refractivity contribution in [2.24, 2.45) is 0 Å². The second-order valence-corrected chi connectivity index (χ2v) is 7.97. The Balaban J connectivity index is 1.52. The molecule has 1 amide bonds. The van der Waals surface area contributed by atoms with Gasteiger partial charge in [0, 0.05) is 19.0 Å². The van der Waals surface area contributed by atoms with Crippen molar-refractivity contribution < 1.29 is 9.90 Å². The van der Waals surface area contributed by atoms with E-state index in [9.17, 15) is 9.90 Å². The number of hydrogen-bond acceptors (Lipinski definition) is 3. The molecule has 4 heteroatoms. The monoisotopic (exact) mass is 376 g/mol. The van der Waals surface area contributed by atoms with E-state index in [1.54, 1.807) is 0 Å². The normalized spacial score (nSPS) is 25.0. The lowest BCUT2D eigenvalue weighted by molar-refractivity contribution is -0.162. The molecule has 2 saturated heterocycles. The Bertz CT molecular complexity index is 857. The van der Waals surface area contributed by atoms with E-state index in [0.717, 1.165) is 13.1 Å². The standard InChI is InChI=1S/C24H28N2O2/c1-3-4-18-9-11-20(12-10-18)24-21-14-25(13-19-7-5-17(2)6-8-19)15-23(28)26(21)22(24)16-27/h3-12,21-22,24,27H,13-16H2,1-2H3/b4-3+/t21-,22+,24+/m1/s1. The Hall–Kier alpha value is -2.43. The number of fused-ring (bicyclic) bond motifs is 1. The molecule has 2 aliphatic heterocycles. The van der Waals surface area contributed by atoms with Gasteiger partial charge < -0.3 is 10.0 Å². The third-order valence-corrected chi connectivity index (χ3v) is 6.03. The summed E-state index contributed by atoms with van der Waals surface area (Å²) in [6.07, 6.45) is 4.10. The molecule has 146 valence electrons. The van der Waals surface area contributed by atoms with Crippen molar-refractivity contribution in [2.45, 2.75) is 38.4 Å². The summed E-state index contributed by atoms with van der Waals surface area (Å²) in [5, 5.41) is 9.92.